The molecule has 0 amide bonds. The largest absolute Gasteiger partial charge is 0.339 e. The SMILES string of the molecule is N#Cc1ccc2cc(S(=O)(=O)N3CCN=C3N3CCN(C4CCC4)CC3)ccc2c1. The van der Waals surface area contributed by atoms with Gasteiger partial charge in [0.15, 0.2) is 0 Å². The molecule has 2 aromatic rings. The molecular formula is C22H25N5O2S. The molecule has 0 bridgehead atoms. The molecule has 2 aromatic carbocycles. The van der Waals surface area contributed by atoms with E-state index in [4.69, 9.17) is 5.26 Å². The Morgan fingerprint density at radius 2 is 1.70 bits per heavy atom. The third kappa shape index (κ3) is 3.32. The van der Waals surface area contributed by atoms with Crippen LogP contribution in [0.15, 0.2) is 46.3 Å². The van der Waals surface area contributed by atoms with Crippen molar-refractivity contribution in [2.24, 2.45) is 4.99 Å². The van der Waals surface area contributed by atoms with Crippen LogP contribution in [0.4, 0.5) is 0 Å². The second-order valence-electron chi connectivity index (χ2n) is 8.20. The minimum Gasteiger partial charge on any atom is -0.339 e. The first-order valence-corrected chi connectivity index (χ1v) is 12.0. The molecule has 2 aliphatic heterocycles. The average Bonchev–Trinajstić information content (AvgIpc) is 3.23. The van der Waals surface area contributed by atoms with Crippen molar-refractivity contribution in [3.8, 4) is 6.07 Å². The van der Waals surface area contributed by atoms with Crippen LogP contribution in [-0.4, -0.2) is 73.8 Å². The molecule has 1 aliphatic carbocycles. The maximum Gasteiger partial charge on any atom is 0.266 e. The number of nitriles is 1. The predicted octanol–water partition coefficient (Wildman–Crippen LogP) is 2.24. The first-order valence-electron chi connectivity index (χ1n) is 10.6. The molecule has 2 heterocycles. The van der Waals surface area contributed by atoms with Gasteiger partial charge in [-0.3, -0.25) is 9.89 Å². The van der Waals surface area contributed by atoms with Gasteiger partial charge in [0.1, 0.15) is 0 Å². The van der Waals surface area contributed by atoms with E-state index in [1.54, 1.807) is 36.4 Å². The number of aliphatic imine (C=N–C) groups is 1. The van der Waals surface area contributed by atoms with Crippen LogP contribution in [-0.2, 0) is 10.0 Å². The monoisotopic (exact) mass is 423 g/mol. The summed E-state index contributed by atoms with van der Waals surface area (Å²) < 4.78 is 28.3. The van der Waals surface area contributed by atoms with Crippen LogP contribution in [0, 0.1) is 11.3 Å². The van der Waals surface area contributed by atoms with Crippen molar-refractivity contribution in [2.45, 2.75) is 30.2 Å². The number of fused-ring (bicyclic) bond motifs is 1. The van der Waals surface area contributed by atoms with Gasteiger partial charge in [-0.2, -0.15) is 5.26 Å². The van der Waals surface area contributed by atoms with Crippen molar-refractivity contribution in [3.63, 3.8) is 0 Å². The van der Waals surface area contributed by atoms with Gasteiger partial charge in [-0.1, -0.05) is 18.6 Å². The summed E-state index contributed by atoms with van der Waals surface area (Å²) in [5.41, 5.74) is 0.563. The van der Waals surface area contributed by atoms with Gasteiger partial charge in [0.05, 0.1) is 29.6 Å². The van der Waals surface area contributed by atoms with Crippen molar-refractivity contribution in [1.29, 1.82) is 5.26 Å². The van der Waals surface area contributed by atoms with Gasteiger partial charge in [-0.15, -0.1) is 0 Å². The molecule has 30 heavy (non-hydrogen) atoms. The van der Waals surface area contributed by atoms with Crippen molar-refractivity contribution < 1.29 is 8.42 Å². The average molecular weight is 424 g/mol. The van der Waals surface area contributed by atoms with Crippen LogP contribution in [0.3, 0.4) is 0 Å². The Labute approximate surface area is 177 Å². The van der Waals surface area contributed by atoms with Crippen LogP contribution in [0.1, 0.15) is 24.8 Å². The minimum absolute atomic E-state index is 0.266. The van der Waals surface area contributed by atoms with Crippen molar-refractivity contribution in [3.05, 3.63) is 42.0 Å². The van der Waals surface area contributed by atoms with Crippen LogP contribution in [0.5, 0.6) is 0 Å². The number of guanidine groups is 1. The van der Waals surface area contributed by atoms with E-state index in [0.29, 0.717) is 24.6 Å². The van der Waals surface area contributed by atoms with Crippen molar-refractivity contribution in [1.82, 2.24) is 14.1 Å². The molecule has 3 aliphatic rings. The van der Waals surface area contributed by atoms with E-state index < -0.39 is 10.0 Å². The lowest BCUT2D eigenvalue weighted by Crippen LogP contribution is -2.56. The smallest absolute Gasteiger partial charge is 0.266 e. The van der Waals surface area contributed by atoms with E-state index in [-0.39, 0.29) is 4.90 Å². The highest BCUT2D eigenvalue weighted by Gasteiger charge is 2.36. The second-order valence-corrected chi connectivity index (χ2v) is 10.1. The van der Waals surface area contributed by atoms with E-state index in [2.05, 4.69) is 20.9 Å². The molecule has 0 aromatic heterocycles. The Morgan fingerprint density at radius 1 is 0.967 bits per heavy atom. The van der Waals surface area contributed by atoms with E-state index in [0.717, 1.165) is 43.0 Å². The molecular weight excluding hydrogens is 398 g/mol. The van der Waals surface area contributed by atoms with Crippen LogP contribution in [0.25, 0.3) is 10.8 Å². The number of hydrogen-bond donors (Lipinski definition) is 0. The van der Waals surface area contributed by atoms with Gasteiger partial charge in [-0.25, -0.2) is 12.7 Å². The Bertz CT molecular complexity index is 1140. The molecule has 156 valence electrons. The predicted molar refractivity (Wildman–Crippen MR) is 116 cm³/mol. The third-order valence-corrected chi connectivity index (χ3v) is 8.27. The molecule has 8 heteroatoms. The van der Waals surface area contributed by atoms with Gasteiger partial charge in [0.2, 0.25) is 5.96 Å². The molecule has 1 saturated carbocycles. The lowest BCUT2D eigenvalue weighted by atomic mass is 9.91. The maximum atomic E-state index is 13.4. The van der Waals surface area contributed by atoms with Crippen molar-refractivity contribution >= 4 is 26.8 Å². The molecule has 7 nitrogen and oxygen atoms in total. The number of benzene rings is 2. The number of sulfonamides is 1. The highest BCUT2D eigenvalue weighted by Crippen LogP contribution is 2.28. The summed E-state index contributed by atoms with van der Waals surface area (Å²) in [5, 5.41) is 10.7. The Morgan fingerprint density at radius 3 is 2.40 bits per heavy atom. The fourth-order valence-electron chi connectivity index (χ4n) is 4.53. The first kappa shape index (κ1) is 19.3. The van der Waals surface area contributed by atoms with E-state index in [1.165, 1.54) is 23.6 Å². The highest BCUT2D eigenvalue weighted by atomic mass is 32.2. The molecule has 1 saturated heterocycles. The molecule has 0 unspecified atom stereocenters. The fourth-order valence-corrected chi connectivity index (χ4v) is 6.01. The zero-order valence-electron chi connectivity index (χ0n) is 16.9. The van der Waals surface area contributed by atoms with Gasteiger partial charge in [0, 0.05) is 32.2 Å². The number of hydrogen-bond acceptors (Lipinski definition) is 6. The fraction of sp³-hybridized carbons (Fsp3) is 0.455. The number of piperazine rings is 1. The standard InChI is InChI=1S/C22H25N5O2S/c23-16-17-4-5-19-15-21(7-6-18(19)14-17)30(28,29)27-9-8-24-22(27)26-12-10-25(11-13-26)20-2-1-3-20/h4-7,14-15,20H,1-3,8-13H2. The van der Waals surface area contributed by atoms with E-state index in [9.17, 15) is 8.42 Å². The Kier molecular flexibility index (Phi) is 4.88. The number of rotatable bonds is 3. The van der Waals surface area contributed by atoms with Crippen LogP contribution < -0.4 is 0 Å². The Hall–Kier alpha value is -2.63. The summed E-state index contributed by atoms with van der Waals surface area (Å²) in [4.78, 5) is 9.48. The lowest BCUT2D eigenvalue weighted by molar-refractivity contribution is 0.0833. The van der Waals surface area contributed by atoms with E-state index in [1.807, 2.05) is 0 Å². The zero-order chi connectivity index (χ0) is 20.7. The zero-order valence-corrected chi connectivity index (χ0v) is 17.7. The molecule has 0 atom stereocenters. The molecule has 0 radical (unpaired) electrons. The van der Waals surface area contributed by atoms with Crippen LogP contribution >= 0.6 is 0 Å². The maximum absolute atomic E-state index is 13.4. The summed E-state index contributed by atoms with van der Waals surface area (Å²) in [5.74, 6) is 0.586. The van der Waals surface area contributed by atoms with Gasteiger partial charge >= 0.3 is 0 Å². The molecule has 5 rings (SSSR count). The van der Waals surface area contributed by atoms with Gasteiger partial charge < -0.3 is 4.90 Å². The molecule has 0 N–H and O–H groups in total. The number of nitrogens with zero attached hydrogens (tertiary/aromatic N) is 5. The molecule has 0 spiro atoms. The van der Waals surface area contributed by atoms with E-state index >= 15 is 0 Å². The normalized spacial score (nSPS) is 20.8. The highest BCUT2D eigenvalue weighted by molar-refractivity contribution is 7.89. The van der Waals surface area contributed by atoms with Crippen LogP contribution in [0.2, 0.25) is 0 Å². The summed E-state index contributed by atoms with van der Waals surface area (Å²) in [6.07, 6.45) is 3.91. The molecule has 2 fully saturated rings. The third-order valence-electron chi connectivity index (χ3n) is 6.50. The minimum atomic E-state index is -3.69. The quantitative estimate of drug-likeness (QED) is 0.756. The summed E-state index contributed by atoms with van der Waals surface area (Å²) in [6.45, 7) is 4.44. The Balaban J connectivity index is 1.36. The lowest BCUT2D eigenvalue weighted by Gasteiger charge is -2.44. The summed E-state index contributed by atoms with van der Waals surface area (Å²) >= 11 is 0. The summed E-state index contributed by atoms with van der Waals surface area (Å²) in [6, 6.07) is 13.2. The van der Waals surface area contributed by atoms with Crippen molar-refractivity contribution in [2.75, 3.05) is 39.3 Å². The first-order chi connectivity index (χ1) is 14.6. The van der Waals surface area contributed by atoms with Gasteiger partial charge in [0.25, 0.3) is 10.0 Å². The topological polar surface area (TPSA) is 80.0 Å². The summed E-state index contributed by atoms with van der Waals surface area (Å²) in [7, 11) is -3.69. The second kappa shape index (κ2) is 7.56. The van der Waals surface area contributed by atoms with Gasteiger partial charge in [-0.05, 0) is 47.9 Å².